The molecule has 1 aromatic rings. The van der Waals surface area contributed by atoms with Crippen molar-refractivity contribution in [3.05, 3.63) is 29.8 Å². The average Bonchev–Trinajstić information content (AvgIpc) is 2.46. The average molecular weight is 304 g/mol. The molecule has 1 aliphatic rings. The molecule has 1 fully saturated rings. The summed E-state index contributed by atoms with van der Waals surface area (Å²) in [6.07, 6.45) is 2.31. The van der Waals surface area contributed by atoms with E-state index in [0.717, 1.165) is 18.4 Å². The van der Waals surface area contributed by atoms with E-state index in [1.807, 2.05) is 0 Å². The van der Waals surface area contributed by atoms with E-state index in [4.69, 9.17) is 0 Å². The summed E-state index contributed by atoms with van der Waals surface area (Å²) in [5.74, 6) is -1.31. The van der Waals surface area contributed by atoms with E-state index in [-0.39, 0.29) is 18.2 Å². The van der Waals surface area contributed by atoms with Gasteiger partial charge in [0.1, 0.15) is 6.04 Å². The van der Waals surface area contributed by atoms with Crippen molar-refractivity contribution < 1.29 is 19.5 Å². The van der Waals surface area contributed by atoms with Gasteiger partial charge in [-0.25, -0.2) is 4.79 Å². The van der Waals surface area contributed by atoms with Crippen molar-refractivity contribution >= 4 is 23.5 Å². The van der Waals surface area contributed by atoms with Crippen molar-refractivity contribution in [3.8, 4) is 0 Å². The van der Waals surface area contributed by atoms with E-state index < -0.39 is 12.0 Å². The molecule has 0 spiro atoms. The first kappa shape index (κ1) is 16.0. The minimum atomic E-state index is -0.944. The number of nitrogens with one attached hydrogen (secondary N) is 1. The normalized spacial score (nSPS) is 17.9. The second kappa shape index (κ2) is 7.06. The van der Waals surface area contributed by atoms with Crippen LogP contribution in [0, 0.1) is 0 Å². The monoisotopic (exact) mass is 304 g/mol. The number of carboxylic acids is 1. The van der Waals surface area contributed by atoms with Crippen LogP contribution in [0.4, 0.5) is 5.69 Å². The van der Waals surface area contributed by atoms with Crippen LogP contribution in [0.1, 0.15) is 31.7 Å². The Bertz CT molecular complexity index is 585. The van der Waals surface area contributed by atoms with Gasteiger partial charge in [0.05, 0.1) is 6.42 Å². The van der Waals surface area contributed by atoms with Gasteiger partial charge in [-0.3, -0.25) is 9.59 Å². The third-order valence-corrected chi connectivity index (χ3v) is 3.71. The summed E-state index contributed by atoms with van der Waals surface area (Å²) in [5.41, 5.74) is 1.39. The zero-order chi connectivity index (χ0) is 16.1. The molecule has 0 radical (unpaired) electrons. The SMILES string of the molecule is CC(=O)Nc1cccc(CC(=O)N2CCCCC2C(=O)O)c1. The van der Waals surface area contributed by atoms with Crippen LogP contribution in [0.3, 0.4) is 0 Å². The fourth-order valence-corrected chi connectivity index (χ4v) is 2.73. The third-order valence-electron chi connectivity index (χ3n) is 3.71. The van der Waals surface area contributed by atoms with Crippen molar-refractivity contribution in [2.75, 3.05) is 11.9 Å². The topological polar surface area (TPSA) is 86.7 Å². The lowest BCUT2D eigenvalue weighted by molar-refractivity contribution is -0.151. The third kappa shape index (κ3) is 4.07. The smallest absolute Gasteiger partial charge is 0.326 e. The molecule has 0 aliphatic carbocycles. The molecule has 22 heavy (non-hydrogen) atoms. The van der Waals surface area contributed by atoms with Gasteiger partial charge in [-0.15, -0.1) is 0 Å². The molecule has 2 amide bonds. The first-order valence-electron chi connectivity index (χ1n) is 7.36. The highest BCUT2D eigenvalue weighted by Crippen LogP contribution is 2.19. The van der Waals surface area contributed by atoms with Crippen molar-refractivity contribution in [2.24, 2.45) is 0 Å². The summed E-state index contributed by atoms with van der Waals surface area (Å²) in [7, 11) is 0. The molecule has 0 bridgehead atoms. The number of hydrogen-bond donors (Lipinski definition) is 2. The van der Waals surface area contributed by atoms with Crippen molar-refractivity contribution in [2.45, 2.75) is 38.6 Å². The van der Waals surface area contributed by atoms with E-state index in [2.05, 4.69) is 5.32 Å². The van der Waals surface area contributed by atoms with E-state index in [1.54, 1.807) is 24.3 Å². The summed E-state index contributed by atoms with van der Waals surface area (Å²) in [5, 5.41) is 11.9. The van der Waals surface area contributed by atoms with Gasteiger partial charge in [-0.1, -0.05) is 12.1 Å². The molecule has 6 nitrogen and oxygen atoms in total. The maximum atomic E-state index is 12.4. The molecular formula is C16H20N2O4. The van der Waals surface area contributed by atoms with Crippen molar-refractivity contribution in [1.29, 1.82) is 0 Å². The van der Waals surface area contributed by atoms with Crippen LogP contribution in [0.15, 0.2) is 24.3 Å². The number of hydrogen-bond acceptors (Lipinski definition) is 3. The number of carboxylic acid groups (broad SMARTS) is 1. The van der Waals surface area contributed by atoms with Crippen LogP contribution in [0.25, 0.3) is 0 Å². The van der Waals surface area contributed by atoms with E-state index >= 15 is 0 Å². The number of nitrogens with zero attached hydrogens (tertiary/aromatic N) is 1. The molecule has 2 rings (SSSR count). The number of aliphatic carboxylic acids is 1. The van der Waals surface area contributed by atoms with Crippen molar-refractivity contribution in [1.82, 2.24) is 4.90 Å². The lowest BCUT2D eigenvalue weighted by Gasteiger charge is -2.33. The zero-order valence-corrected chi connectivity index (χ0v) is 12.5. The molecule has 6 heteroatoms. The second-order valence-electron chi connectivity index (χ2n) is 5.50. The lowest BCUT2D eigenvalue weighted by Crippen LogP contribution is -2.48. The number of carbonyl (C=O) groups excluding carboxylic acids is 2. The van der Waals surface area contributed by atoms with Crippen LogP contribution in [0.5, 0.6) is 0 Å². The van der Waals surface area contributed by atoms with Crippen LogP contribution < -0.4 is 5.32 Å². The summed E-state index contributed by atoms with van der Waals surface area (Å²) in [6, 6.07) is 6.32. The minimum absolute atomic E-state index is 0.136. The highest BCUT2D eigenvalue weighted by atomic mass is 16.4. The summed E-state index contributed by atoms with van der Waals surface area (Å²) >= 11 is 0. The largest absolute Gasteiger partial charge is 0.480 e. The van der Waals surface area contributed by atoms with Gasteiger partial charge in [0.2, 0.25) is 11.8 Å². The Morgan fingerprint density at radius 1 is 1.32 bits per heavy atom. The molecule has 118 valence electrons. The first-order valence-corrected chi connectivity index (χ1v) is 7.36. The van der Waals surface area contributed by atoms with Gasteiger partial charge in [0, 0.05) is 19.2 Å². The van der Waals surface area contributed by atoms with Gasteiger partial charge in [-0.2, -0.15) is 0 Å². The Kier molecular flexibility index (Phi) is 5.14. The Hall–Kier alpha value is -2.37. The number of anilines is 1. The molecule has 0 saturated carbocycles. The molecule has 1 saturated heterocycles. The Morgan fingerprint density at radius 3 is 2.77 bits per heavy atom. The minimum Gasteiger partial charge on any atom is -0.480 e. The molecular weight excluding hydrogens is 284 g/mol. The molecule has 1 aliphatic heterocycles. The van der Waals surface area contributed by atoms with E-state index in [0.29, 0.717) is 18.7 Å². The number of rotatable bonds is 4. The number of benzene rings is 1. The first-order chi connectivity index (χ1) is 10.5. The summed E-state index contributed by atoms with van der Waals surface area (Å²) < 4.78 is 0. The fourth-order valence-electron chi connectivity index (χ4n) is 2.73. The summed E-state index contributed by atoms with van der Waals surface area (Å²) in [6.45, 7) is 1.91. The predicted molar refractivity (Wildman–Crippen MR) is 81.4 cm³/mol. The van der Waals surface area contributed by atoms with Gasteiger partial charge in [-0.05, 0) is 37.0 Å². The maximum Gasteiger partial charge on any atom is 0.326 e. The molecule has 1 heterocycles. The second-order valence-corrected chi connectivity index (χ2v) is 5.50. The molecule has 1 aromatic carbocycles. The zero-order valence-electron chi connectivity index (χ0n) is 12.5. The Balaban J connectivity index is 2.07. The van der Waals surface area contributed by atoms with Gasteiger partial charge >= 0.3 is 5.97 Å². The molecule has 1 atom stereocenters. The number of carbonyl (C=O) groups is 3. The van der Waals surface area contributed by atoms with Crippen LogP contribution in [0.2, 0.25) is 0 Å². The molecule has 1 unspecified atom stereocenters. The van der Waals surface area contributed by atoms with Gasteiger partial charge in [0.15, 0.2) is 0 Å². The highest BCUT2D eigenvalue weighted by Gasteiger charge is 2.31. The quantitative estimate of drug-likeness (QED) is 0.885. The number of piperidine rings is 1. The number of amides is 2. The molecule has 0 aromatic heterocycles. The van der Waals surface area contributed by atoms with Crippen LogP contribution in [-0.4, -0.2) is 40.4 Å². The van der Waals surface area contributed by atoms with E-state index in [1.165, 1.54) is 11.8 Å². The number of likely N-dealkylation sites (tertiary alicyclic amines) is 1. The standard InChI is InChI=1S/C16H20N2O4/c1-11(19)17-13-6-4-5-12(9-13)10-15(20)18-8-3-2-7-14(18)16(21)22/h4-6,9,14H,2-3,7-8,10H2,1H3,(H,17,19)(H,21,22). The fraction of sp³-hybridized carbons (Fsp3) is 0.438. The highest BCUT2D eigenvalue weighted by molar-refractivity contribution is 5.89. The molecule has 2 N–H and O–H groups in total. The van der Waals surface area contributed by atoms with E-state index in [9.17, 15) is 19.5 Å². The Labute approximate surface area is 129 Å². The van der Waals surface area contributed by atoms with Crippen LogP contribution >= 0.6 is 0 Å². The lowest BCUT2D eigenvalue weighted by atomic mass is 10.0. The maximum absolute atomic E-state index is 12.4. The van der Waals surface area contributed by atoms with Crippen LogP contribution in [-0.2, 0) is 20.8 Å². The summed E-state index contributed by atoms with van der Waals surface area (Å²) in [4.78, 5) is 36.2. The predicted octanol–water partition coefficient (Wildman–Crippen LogP) is 1.65. The Morgan fingerprint density at radius 2 is 2.09 bits per heavy atom. The van der Waals surface area contributed by atoms with Gasteiger partial charge in [0.25, 0.3) is 0 Å². The van der Waals surface area contributed by atoms with Gasteiger partial charge < -0.3 is 15.3 Å². The van der Waals surface area contributed by atoms with Crippen molar-refractivity contribution in [3.63, 3.8) is 0 Å².